The Bertz CT molecular complexity index is 5820. The number of benzene rings is 8. The van der Waals surface area contributed by atoms with Gasteiger partial charge in [-0.25, -0.2) is 0 Å². The molecule has 0 unspecified atom stereocenters. The maximum absolute atomic E-state index is 12.0. The van der Waals surface area contributed by atoms with Gasteiger partial charge in [0.2, 0.25) is 0 Å². The van der Waals surface area contributed by atoms with Gasteiger partial charge in [0.25, 0.3) is 0 Å². The van der Waals surface area contributed by atoms with Crippen LogP contribution in [0.25, 0.3) is 88.6 Å². The molecule has 3 saturated carbocycles. The molecule has 0 bridgehead atoms. The number of aliphatic hydroxyl groups excluding tert-OH is 4. The van der Waals surface area contributed by atoms with E-state index >= 15 is 0 Å². The maximum Gasteiger partial charge on any atom is 0.162 e. The fraction of sp³-hybridized carbons (Fsp3) is 0.446. The van der Waals surface area contributed by atoms with Gasteiger partial charge >= 0.3 is 0 Å². The van der Waals surface area contributed by atoms with Crippen LogP contribution in [0.1, 0.15) is 306 Å². The molecule has 794 valence electrons. The molecular formula is C130H166Ir4N4O8-4. The van der Waals surface area contributed by atoms with E-state index in [1.807, 2.05) is 83.1 Å². The molecule has 3 fully saturated rings. The van der Waals surface area contributed by atoms with Crippen LogP contribution >= 0.6 is 0 Å². The van der Waals surface area contributed by atoms with Crippen LogP contribution in [-0.4, -0.2) is 63.5 Å². The van der Waals surface area contributed by atoms with E-state index in [2.05, 4.69) is 291 Å². The van der Waals surface area contributed by atoms with Crippen molar-refractivity contribution in [2.75, 3.05) is 0 Å². The normalized spacial score (nSPS) is 13.6. The molecule has 0 saturated heterocycles. The predicted molar refractivity (Wildman–Crippen MR) is 598 cm³/mol. The number of aromatic nitrogens is 4. The Labute approximate surface area is 931 Å². The Hall–Kier alpha value is -9.16. The molecular weight excluding hydrogens is 2510 g/mol. The van der Waals surface area contributed by atoms with Crippen LogP contribution in [0.15, 0.2) is 217 Å². The third-order valence-electron chi connectivity index (χ3n) is 25.5. The number of hydrogen-bond acceptors (Lipinski definition) is 12. The standard InChI is InChI=1S/C23H24N.3C21H22N.C15H24O2.C11H20O2.2C9H16O2.4Ir/c1-16-12-17(2)14-21(13-16)22-11-10-19-8-9-20(15-23(19)24-22)18-6-4-3-5-7-18;3*1-14(2)9-17-5-6-18-7-8-20(22-21(18)13-17)19-11-15(3)10-16(4)12-19;16-14(12-7-3-1-4-8-12)11-15(17)13-9-5-2-6-10-13;1-8(2)5-10(12)7-11(13)6-9(3)4;2*1-6(2)8(10)5-9(11)7(3)4;;;;/h8-13,15,18H,3-7H2,1-2H3;3*5-8,10-11,13-14H,9H2,1-4H3;11-13,16H,1-10H2;7-9,12H,5-6H2,1-4H3;2*5-7,10H,1-4H3;;;;/q4*-1;;;;;;;;. The van der Waals surface area contributed by atoms with Crippen molar-refractivity contribution in [2.24, 2.45) is 65.1 Å². The van der Waals surface area contributed by atoms with E-state index < -0.39 is 0 Å². The second-order valence-electron chi connectivity index (χ2n) is 43.5. The molecule has 8 aromatic carbocycles. The largest absolute Gasteiger partial charge is 0.512 e. The first-order valence-corrected chi connectivity index (χ1v) is 52.7. The SMILES string of the molecule is CC(C)C(=O)C=C(O)C(C)C.CC(C)C(=O)C=C(O)C(C)C.CC(C)CC(=O)C=C(O)CC(C)C.Cc1[c-]c(-c2ccc3ccc(C4CCCCC4)cc3n2)cc(C)c1.Cc1[c-]c(-c2ccc3ccc(CC(C)C)cc3n2)cc(C)c1.Cc1[c-]c(-c2ccc3ccc(CC(C)C)cc3n2)cc(C)c1.Cc1[c-]c(-c2ccc3ccc(CC(C)C)cc3n2)cc(C)c1.O=C(C=C(O)C1CCCCC1)C1CCCCC1.[Ir].[Ir].[Ir].[Ir]. The van der Waals surface area contributed by atoms with E-state index in [9.17, 15) is 39.6 Å². The number of aliphatic hydroxyl groups is 4. The fourth-order valence-electron chi connectivity index (χ4n) is 18.1. The van der Waals surface area contributed by atoms with Crippen molar-refractivity contribution in [1.82, 2.24) is 19.9 Å². The number of nitrogens with zero attached hydrogens (tertiary/aromatic N) is 4. The number of allylic oxidation sites excluding steroid dienone is 8. The molecule has 4 aromatic heterocycles. The number of pyridine rings is 4. The van der Waals surface area contributed by atoms with Gasteiger partial charge in [-0.3, -0.25) is 39.1 Å². The second kappa shape index (κ2) is 65.1. The molecule has 0 amide bonds. The van der Waals surface area contributed by atoms with Crippen molar-refractivity contribution in [3.8, 4) is 45.0 Å². The Kier molecular flexibility index (Phi) is 57.5. The van der Waals surface area contributed by atoms with Gasteiger partial charge in [-0.2, -0.15) is 0 Å². The van der Waals surface area contributed by atoms with Gasteiger partial charge in [-0.05, 0) is 184 Å². The summed E-state index contributed by atoms with van der Waals surface area (Å²) < 4.78 is 0. The molecule has 3 aliphatic rings. The van der Waals surface area contributed by atoms with E-state index in [1.165, 1.54) is 160 Å². The molecule has 4 heterocycles. The quantitative estimate of drug-likeness (QED) is 0.0240. The van der Waals surface area contributed by atoms with Crippen molar-refractivity contribution in [2.45, 2.75) is 314 Å². The van der Waals surface area contributed by atoms with Crippen LogP contribution in [0.2, 0.25) is 0 Å². The smallest absolute Gasteiger partial charge is 0.162 e. The van der Waals surface area contributed by atoms with Crippen LogP contribution in [0, 0.1) is 145 Å². The molecule has 3 aliphatic carbocycles. The van der Waals surface area contributed by atoms with Gasteiger partial charge in [0.15, 0.2) is 23.1 Å². The van der Waals surface area contributed by atoms with Gasteiger partial charge in [0.1, 0.15) is 0 Å². The maximum atomic E-state index is 12.0. The van der Waals surface area contributed by atoms with Gasteiger partial charge in [0.05, 0.1) is 45.1 Å². The first-order chi connectivity index (χ1) is 67.3. The first kappa shape index (κ1) is 129. The van der Waals surface area contributed by atoms with E-state index in [4.69, 9.17) is 19.9 Å². The summed E-state index contributed by atoms with van der Waals surface area (Å²) in [4.78, 5) is 64.8. The zero-order valence-electron chi connectivity index (χ0n) is 92.1. The number of rotatable bonds is 25. The van der Waals surface area contributed by atoms with Crippen LogP contribution in [0.3, 0.4) is 0 Å². The summed E-state index contributed by atoms with van der Waals surface area (Å²) >= 11 is 0. The van der Waals surface area contributed by atoms with Crippen molar-refractivity contribution in [3.05, 3.63) is 308 Å². The van der Waals surface area contributed by atoms with E-state index in [0.717, 1.165) is 135 Å². The summed E-state index contributed by atoms with van der Waals surface area (Å²) in [5.74, 6) is 4.99. The van der Waals surface area contributed by atoms with Crippen LogP contribution in [-0.2, 0) is 119 Å². The Morgan fingerprint density at radius 1 is 0.308 bits per heavy atom. The summed E-state index contributed by atoms with van der Waals surface area (Å²) in [6.07, 6.45) is 28.2. The molecule has 0 atom stereocenters. The minimum Gasteiger partial charge on any atom is -0.512 e. The van der Waals surface area contributed by atoms with Crippen LogP contribution in [0.5, 0.6) is 0 Å². The Morgan fingerprint density at radius 2 is 0.589 bits per heavy atom. The number of carbonyl (C=O) groups excluding carboxylic acids is 4. The monoisotopic (exact) mass is 2680 g/mol. The Morgan fingerprint density at radius 3 is 0.870 bits per heavy atom. The molecule has 0 aliphatic heterocycles. The average Bonchev–Trinajstić information content (AvgIpc) is 0.800. The van der Waals surface area contributed by atoms with E-state index in [0.29, 0.717) is 48.2 Å². The average molecular weight is 2680 g/mol. The molecule has 4 N–H and O–H groups in total. The minimum absolute atomic E-state index is 0. The van der Waals surface area contributed by atoms with Gasteiger partial charge in [-0.1, -0.05) is 335 Å². The van der Waals surface area contributed by atoms with Gasteiger partial charge in [-0.15, -0.1) is 140 Å². The predicted octanol–water partition coefficient (Wildman–Crippen LogP) is 34.8. The molecule has 16 heteroatoms. The zero-order valence-corrected chi connectivity index (χ0v) is 102. The third-order valence-corrected chi connectivity index (χ3v) is 25.5. The number of carbonyl (C=O) groups is 4. The number of fused-ring (bicyclic) bond motifs is 4. The molecule has 4 radical (unpaired) electrons. The molecule has 146 heavy (non-hydrogen) atoms. The summed E-state index contributed by atoms with van der Waals surface area (Å²) in [6.45, 7) is 53.0. The number of hydrogen-bond donors (Lipinski definition) is 4. The van der Waals surface area contributed by atoms with Crippen molar-refractivity contribution >= 4 is 66.7 Å². The van der Waals surface area contributed by atoms with Gasteiger partial charge in [0, 0.05) is 153 Å². The van der Waals surface area contributed by atoms with Gasteiger partial charge < -0.3 is 20.4 Å². The Balaban J connectivity index is 0.000000352. The number of aryl methyl sites for hydroxylation is 8. The molecule has 15 rings (SSSR count). The second-order valence-corrected chi connectivity index (χ2v) is 43.5. The summed E-state index contributed by atoms with van der Waals surface area (Å²) in [5, 5.41) is 42.5. The van der Waals surface area contributed by atoms with E-state index in [1.54, 1.807) is 6.08 Å². The number of ketones is 4. The molecule has 12 nitrogen and oxygen atoms in total. The van der Waals surface area contributed by atoms with Crippen molar-refractivity contribution in [1.29, 1.82) is 0 Å². The van der Waals surface area contributed by atoms with Crippen LogP contribution in [0.4, 0.5) is 0 Å². The summed E-state index contributed by atoms with van der Waals surface area (Å²) in [6, 6.07) is 74.7. The summed E-state index contributed by atoms with van der Waals surface area (Å²) in [5.41, 5.74) is 27.9. The van der Waals surface area contributed by atoms with Crippen molar-refractivity contribution in [3.63, 3.8) is 0 Å². The summed E-state index contributed by atoms with van der Waals surface area (Å²) in [7, 11) is 0. The van der Waals surface area contributed by atoms with Crippen molar-refractivity contribution < 1.29 is 120 Å². The first-order valence-electron chi connectivity index (χ1n) is 52.7. The van der Waals surface area contributed by atoms with Crippen LogP contribution < -0.4 is 0 Å². The van der Waals surface area contributed by atoms with E-state index in [-0.39, 0.29) is 156 Å². The minimum atomic E-state index is -0.0316. The zero-order chi connectivity index (χ0) is 104. The third kappa shape index (κ3) is 45.3. The fourth-order valence-corrected chi connectivity index (χ4v) is 18.1. The molecule has 12 aromatic rings. The molecule has 0 spiro atoms. The topological polar surface area (TPSA) is 201 Å².